The smallest absolute Gasteiger partial charge is 0.0560 e. The third kappa shape index (κ3) is 4.36. The molecule has 0 saturated heterocycles. The van der Waals surface area contributed by atoms with Gasteiger partial charge in [-0.15, -0.1) is 0 Å². The average Bonchev–Trinajstić information content (AvgIpc) is 2.95. The summed E-state index contributed by atoms with van der Waals surface area (Å²) < 4.78 is 0. The van der Waals surface area contributed by atoms with Crippen LogP contribution in [0.3, 0.4) is 0 Å². The van der Waals surface area contributed by atoms with Crippen LogP contribution in [0.4, 0.5) is 11.4 Å². The molecule has 1 heteroatoms. The van der Waals surface area contributed by atoms with Gasteiger partial charge in [-0.3, -0.25) is 0 Å². The first-order valence-electron chi connectivity index (χ1n) is 12.6. The first-order valence-corrected chi connectivity index (χ1v) is 12.6. The monoisotopic (exact) mass is 463 g/mol. The highest BCUT2D eigenvalue weighted by Gasteiger charge is 2.22. The van der Waals surface area contributed by atoms with E-state index >= 15 is 0 Å². The van der Waals surface area contributed by atoms with Crippen molar-refractivity contribution in [3.8, 4) is 11.1 Å². The second-order valence-electron chi connectivity index (χ2n) is 9.47. The maximum atomic E-state index is 2.48. The van der Waals surface area contributed by atoms with E-state index in [-0.39, 0.29) is 6.04 Å². The van der Waals surface area contributed by atoms with E-state index < -0.39 is 0 Å². The van der Waals surface area contributed by atoms with Crippen LogP contribution >= 0.6 is 0 Å². The number of para-hydroxylation sites is 1. The van der Waals surface area contributed by atoms with Gasteiger partial charge in [0.25, 0.3) is 0 Å². The van der Waals surface area contributed by atoms with Crippen molar-refractivity contribution in [2.75, 3.05) is 4.90 Å². The number of aryl methyl sites for hydroxylation is 1. The van der Waals surface area contributed by atoms with Crippen molar-refractivity contribution in [1.29, 1.82) is 0 Å². The highest BCUT2D eigenvalue weighted by Crippen LogP contribution is 2.37. The van der Waals surface area contributed by atoms with Gasteiger partial charge in [0.15, 0.2) is 0 Å². The standard InChI is InChI=1S/C35H29N/c1-26-14-16-27(17-15-26)28-18-20-29(21-19-28)30-22-24-33(25-23-30)36(32-10-3-2-4-11-32)35-13-7-9-31-8-5-6-12-34(31)35/h2-24,33H,25H2,1H3. The molecule has 1 aliphatic carbocycles. The molecule has 0 saturated carbocycles. The van der Waals surface area contributed by atoms with Gasteiger partial charge in [-0.05, 0) is 59.2 Å². The van der Waals surface area contributed by atoms with Gasteiger partial charge in [0.1, 0.15) is 0 Å². The predicted molar refractivity (Wildman–Crippen MR) is 155 cm³/mol. The molecule has 0 aromatic heterocycles. The van der Waals surface area contributed by atoms with Gasteiger partial charge in [-0.1, -0.05) is 127 Å². The summed E-state index contributed by atoms with van der Waals surface area (Å²) in [6.07, 6.45) is 7.98. The van der Waals surface area contributed by atoms with Gasteiger partial charge < -0.3 is 4.90 Å². The van der Waals surface area contributed by atoms with Crippen LogP contribution in [0.1, 0.15) is 17.5 Å². The van der Waals surface area contributed by atoms with E-state index in [9.17, 15) is 0 Å². The van der Waals surface area contributed by atoms with Crippen LogP contribution in [0.15, 0.2) is 140 Å². The van der Waals surface area contributed by atoms with Crippen LogP contribution < -0.4 is 4.90 Å². The van der Waals surface area contributed by atoms with E-state index in [1.54, 1.807) is 0 Å². The molecule has 1 atom stereocenters. The molecule has 5 aromatic rings. The van der Waals surface area contributed by atoms with Crippen molar-refractivity contribution in [2.45, 2.75) is 19.4 Å². The summed E-state index contributed by atoms with van der Waals surface area (Å²) in [4.78, 5) is 2.48. The van der Waals surface area contributed by atoms with Crippen LogP contribution in [0.5, 0.6) is 0 Å². The Morgan fingerprint density at radius 1 is 0.611 bits per heavy atom. The average molecular weight is 464 g/mol. The maximum Gasteiger partial charge on any atom is 0.0560 e. The van der Waals surface area contributed by atoms with Gasteiger partial charge in [-0.25, -0.2) is 0 Å². The second-order valence-corrected chi connectivity index (χ2v) is 9.47. The number of anilines is 2. The fraction of sp³-hybridized carbons (Fsp3) is 0.0857. The summed E-state index contributed by atoms with van der Waals surface area (Å²) in [6.45, 7) is 2.13. The molecule has 6 rings (SSSR count). The maximum absolute atomic E-state index is 2.48. The molecule has 0 N–H and O–H groups in total. The normalized spacial score (nSPS) is 15.0. The molecule has 5 aromatic carbocycles. The van der Waals surface area contributed by atoms with Crippen LogP contribution in [0.2, 0.25) is 0 Å². The molecule has 0 aliphatic heterocycles. The zero-order chi connectivity index (χ0) is 24.3. The van der Waals surface area contributed by atoms with E-state index in [0.29, 0.717) is 0 Å². The molecule has 0 radical (unpaired) electrons. The van der Waals surface area contributed by atoms with Gasteiger partial charge in [-0.2, -0.15) is 0 Å². The Morgan fingerprint density at radius 3 is 1.97 bits per heavy atom. The largest absolute Gasteiger partial charge is 0.334 e. The van der Waals surface area contributed by atoms with Crippen molar-refractivity contribution in [1.82, 2.24) is 0 Å². The summed E-state index contributed by atoms with van der Waals surface area (Å²) in [5, 5.41) is 2.54. The molecule has 174 valence electrons. The number of nitrogens with zero attached hydrogens (tertiary/aromatic N) is 1. The summed E-state index contributed by atoms with van der Waals surface area (Å²) in [7, 11) is 0. The van der Waals surface area contributed by atoms with Gasteiger partial charge in [0, 0.05) is 16.8 Å². The zero-order valence-corrected chi connectivity index (χ0v) is 20.5. The van der Waals surface area contributed by atoms with Gasteiger partial charge in [0.05, 0.1) is 6.04 Å². The van der Waals surface area contributed by atoms with Crippen molar-refractivity contribution >= 4 is 27.7 Å². The Morgan fingerprint density at radius 2 is 1.25 bits per heavy atom. The molecule has 36 heavy (non-hydrogen) atoms. The van der Waals surface area contributed by atoms with E-state index in [0.717, 1.165) is 6.42 Å². The minimum absolute atomic E-state index is 0.244. The lowest BCUT2D eigenvalue weighted by Gasteiger charge is -2.34. The molecule has 0 amide bonds. The Labute approximate surface area is 213 Å². The lowest BCUT2D eigenvalue weighted by Crippen LogP contribution is -2.30. The fourth-order valence-electron chi connectivity index (χ4n) is 5.13. The van der Waals surface area contributed by atoms with Gasteiger partial charge >= 0.3 is 0 Å². The minimum Gasteiger partial charge on any atom is -0.334 e. The van der Waals surface area contributed by atoms with Crippen LogP contribution in [-0.2, 0) is 0 Å². The first-order chi connectivity index (χ1) is 17.8. The molecular formula is C35H29N. The predicted octanol–water partition coefficient (Wildman–Crippen LogP) is 9.37. The summed E-state index contributed by atoms with van der Waals surface area (Å²) in [6, 6.07) is 43.9. The van der Waals surface area contributed by atoms with Crippen LogP contribution in [0.25, 0.3) is 27.5 Å². The number of benzene rings is 5. The van der Waals surface area contributed by atoms with Crippen molar-refractivity contribution < 1.29 is 0 Å². The third-order valence-electron chi connectivity index (χ3n) is 7.07. The number of fused-ring (bicyclic) bond motifs is 1. The number of hydrogen-bond acceptors (Lipinski definition) is 1. The van der Waals surface area contributed by atoms with E-state index in [4.69, 9.17) is 0 Å². The van der Waals surface area contributed by atoms with Crippen LogP contribution in [0, 0.1) is 6.92 Å². The Hall–Kier alpha value is -4.36. The molecular weight excluding hydrogens is 434 g/mol. The lowest BCUT2D eigenvalue weighted by molar-refractivity contribution is 0.789. The van der Waals surface area contributed by atoms with Crippen LogP contribution in [-0.4, -0.2) is 6.04 Å². The molecule has 0 fully saturated rings. The highest BCUT2D eigenvalue weighted by molar-refractivity contribution is 5.96. The van der Waals surface area contributed by atoms with Crippen molar-refractivity contribution in [2.24, 2.45) is 0 Å². The Balaban J connectivity index is 1.30. The van der Waals surface area contributed by atoms with E-state index in [2.05, 4.69) is 151 Å². The van der Waals surface area contributed by atoms with E-state index in [1.165, 1.54) is 50.0 Å². The van der Waals surface area contributed by atoms with Gasteiger partial charge in [0.2, 0.25) is 0 Å². The number of allylic oxidation sites excluding steroid dienone is 2. The second kappa shape index (κ2) is 9.71. The molecule has 0 spiro atoms. The number of hydrogen-bond donors (Lipinski definition) is 0. The van der Waals surface area contributed by atoms with E-state index in [1.807, 2.05) is 0 Å². The van der Waals surface area contributed by atoms with Crippen molar-refractivity contribution in [3.05, 3.63) is 151 Å². The molecule has 1 unspecified atom stereocenters. The lowest BCUT2D eigenvalue weighted by atomic mass is 9.94. The highest BCUT2D eigenvalue weighted by atomic mass is 15.2. The summed E-state index contributed by atoms with van der Waals surface area (Å²) in [5.41, 5.74) is 8.80. The van der Waals surface area contributed by atoms with Crippen molar-refractivity contribution in [3.63, 3.8) is 0 Å². The molecule has 1 nitrogen and oxygen atoms in total. The fourth-order valence-corrected chi connectivity index (χ4v) is 5.13. The number of rotatable bonds is 5. The molecule has 0 bridgehead atoms. The Bertz CT molecular complexity index is 1540. The summed E-state index contributed by atoms with van der Waals surface area (Å²) >= 11 is 0. The molecule has 0 heterocycles. The molecule has 1 aliphatic rings. The topological polar surface area (TPSA) is 3.24 Å². The quantitative estimate of drug-likeness (QED) is 0.251. The third-order valence-corrected chi connectivity index (χ3v) is 7.07. The SMILES string of the molecule is Cc1ccc(-c2ccc(C3=CCC(N(c4ccccc4)c4cccc5ccccc45)C=C3)cc2)cc1. The first kappa shape index (κ1) is 22.1. The summed E-state index contributed by atoms with van der Waals surface area (Å²) in [5.74, 6) is 0. The zero-order valence-electron chi connectivity index (χ0n) is 20.5. The Kier molecular flexibility index (Phi) is 5.97. The minimum atomic E-state index is 0.244.